The number of halogens is 1. The minimum Gasteiger partial charge on any atom is -0.489 e. The van der Waals surface area contributed by atoms with Crippen LogP contribution in [-0.4, -0.2) is 42.6 Å². The maximum absolute atomic E-state index is 9.85. The number of hydrogen-bond donors (Lipinski definition) is 3. The highest BCUT2D eigenvalue weighted by Crippen LogP contribution is 2.23. The summed E-state index contributed by atoms with van der Waals surface area (Å²) >= 11 is 5.96. The number of aliphatic hydroxyl groups is 2. The predicted octanol–water partition coefficient (Wildman–Crippen LogP) is 2.08. The molecule has 20 heavy (non-hydrogen) atoms. The highest BCUT2D eigenvalue weighted by atomic mass is 35.5. The largest absolute Gasteiger partial charge is 0.489 e. The smallest absolute Gasteiger partial charge is 0.138 e. The third-order valence-corrected chi connectivity index (χ3v) is 3.35. The molecule has 5 heteroatoms. The van der Waals surface area contributed by atoms with E-state index >= 15 is 0 Å². The fraction of sp³-hybridized carbons (Fsp3) is 0.600. The molecular formula is C15H24ClNO3. The molecule has 1 aromatic rings. The fourth-order valence-electron chi connectivity index (χ4n) is 1.77. The molecule has 0 radical (unpaired) electrons. The van der Waals surface area contributed by atoms with Crippen molar-refractivity contribution in [2.24, 2.45) is 5.41 Å². The summed E-state index contributed by atoms with van der Waals surface area (Å²) in [5.74, 6) is 0.578. The molecule has 3 N–H and O–H groups in total. The van der Waals surface area contributed by atoms with Gasteiger partial charge in [0.15, 0.2) is 0 Å². The maximum Gasteiger partial charge on any atom is 0.138 e. The highest BCUT2D eigenvalue weighted by Gasteiger charge is 2.17. The lowest BCUT2D eigenvalue weighted by molar-refractivity contribution is 0.102. The van der Waals surface area contributed by atoms with Crippen molar-refractivity contribution in [3.63, 3.8) is 0 Å². The van der Waals surface area contributed by atoms with E-state index in [4.69, 9.17) is 21.4 Å². The second kappa shape index (κ2) is 8.47. The maximum atomic E-state index is 9.85. The minimum absolute atomic E-state index is 0.0120. The Morgan fingerprint density at radius 3 is 2.70 bits per heavy atom. The van der Waals surface area contributed by atoms with Gasteiger partial charge in [0, 0.05) is 19.7 Å². The van der Waals surface area contributed by atoms with E-state index in [1.165, 1.54) is 0 Å². The molecule has 1 unspecified atom stereocenters. The van der Waals surface area contributed by atoms with Crippen LogP contribution in [0, 0.1) is 5.41 Å². The van der Waals surface area contributed by atoms with Gasteiger partial charge in [0.05, 0.1) is 5.02 Å². The molecule has 0 amide bonds. The Morgan fingerprint density at radius 1 is 1.35 bits per heavy atom. The summed E-state index contributed by atoms with van der Waals surface area (Å²) < 4.78 is 5.47. The zero-order valence-electron chi connectivity index (χ0n) is 12.1. The molecule has 0 spiro atoms. The summed E-state index contributed by atoms with van der Waals surface area (Å²) in [5, 5.41) is 22.5. The Hall–Kier alpha value is -0.810. The van der Waals surface area contributed by atoms with Crippen LogP contribution in [0.15, 0.2) is 24.3 Å². The second-order valence-electron chi connectivity index (χ2n) is 5.66. The zero-order chi connectivity index (χ0) is 15.0. The van der Waals surface area contributed by atoms with Gasteiger partial charge in [-0.25, -0.2) is 0 Å². The van der Waals surface area contributed by atoms with E-state index in [0.29, 0.717) is 17.3 Å². The Labute approximate surface area is 125 Å². The molecule has 1 atom stereocenters. The van der Waals surface area contributed by atoms with Crippen LogP contribution in [0.3, 0.4) is 0 Å². The van der Waals surface area contributed by atoms with Crippen molar-refractivity contribution in [2.75, 3.05) is 26.3 Å². The van der Waals surface area contributed by atoms with Crippen LogP contribution >= 0.6 is 11.6 Å². The van der Waals surface area contributed by atoms with Gasteiger partial charge in [0.2, 0.25) is 0 Å². The summed E-state index contributed by atoms with van der Waals surface area (Å²) in [4.78, 5) is 0. The monoisotopic (exact) mass is 301 g/mol. The van der Waals surface area contributed by atoms with Gasteiger partial charge >= 0.3 is 0 Å². The van der Waals surface area contributed by atoms with Crippen LogP contribution in [-0.2, 0) is 0 Å². The third kappa shape index (κ3) is 6.57. The Kier molecular flexibility index (Phi) is 7.30. The first kappa shape index (κ1) is 17.2. The fourth-order valence-corrected chi connectivity index (χ4v) is 1.97. The number of nitrogens with one attached hydrogen (secondary N) is 1. The lowest BCUT2D eigenvalue weighted by Gasteiger charge is -2.24. The van der Waals surface area contributed by atoms with Crippen molar-refractivity contribution >= 4 is 11.6 Å². The van der Waals surface area contributed by atoms with Crippen molar-refractivity contribution in [2.45, 2.75) is 26.4 Å². The number of para-hydroxylation sites is 1. The summed E-state index contributed by atoms with van der Waals surface area (Å²) in [6.07, 6.45) is 0.128. The standard InChI is InChI=1S/C15H24ClNO3/c1-15(2,7-8-18)11-17-9-12(19)10-20-14-6-4-3-5-13(14)16/h3-6,12,17-19H,7-11H2,1-2H3. The topological polar surface area (TPSA) is 61.7 Å². The van der Waals surface area contributed by atoms with Crippen LogP contribution in [0.4, 0.5) is 0 Å². The number of aliphatic hydroxyl groups excluding tert-OH is 2. The van der Waals surface area contributed by atoms with E-state index < -0.39 is 6.10 Å². The first-order valence-corrected chi connectivity index (χ1v) is 7.19. The van der Waals surface area contributed by atoms with Crippen molar-refractivity contribution in [1.29, 1.82) is 0 Å². The minimum atomic E-state index is -0.601. The van der Waals surface area contributed by atoms with Crippen LogP contribution in [0.25, 0.3) is 0 Å². The summed E-state index contributed by atoms with van der Waals surface area (Å²) in [6.45, 7) is 5.69. The lowest BCUT2D eigenvalue weighted by Crippen LogP contribution is -2.37. The van der Waals surface area contributed by atoms with Gasteiger partial charge < -0.3 is 20.3 Å². The summed E-state index contributed by atoms with van der Waals surface area (Å²) in [6, 6.07) is 7.19. The molecule has 0 heterocycles. The number of ether oxygens (including phenoxy) is 1. The molecule has 0 saturated carbocycles. The van der Waals surface area contributed by atoms with E-state index in [0.717, 1.165) is 13.0 Å². The number of hydrogen-bond acceptors (Lipinski definition) is 4. The molecule has 0 fully saturated rings. The molecule has 1 aromatic carbocycles. The van der Waals surface area contributed by atoms with Crippen molar-refractivity contribution < 1.29 is 14.9 Å². The quantitative estimate of drug-likeness (QED) is 0.653. The van der Waals surface area contributed by atoms with Crippen LogP contribution < -0.4 is 10.1 Å². The van der Waals surface area contributed by atoms with Gasteiger partial charge in [-0.1, -0.05) is 37.6 Å². The van der Waals surface area contributed by atoms with Gasteiger partial charge in [-0.05, 0) is 24.0 Å². The normalized spacial score (nSPS) is 13.2. The molecule has 0 aliphatic heterocycles. The lowest BCUT2D eigenvalue weighted by atomic mass is 9.90. The van der Waals surface area contributed by atoms with E-state index in [2.05, 4.69) is 19.2 Å². The Morgan fingerprint density at radius 2 is 2.05 bits per heavy atom. The van der Waals surface area contributed by atoms with Crippen LogP contribution in [0.1, 0.15) is 20.3 Å². The van der Waals surface area contributed by atoms with Gasteiger partial charge in [-0.3, -0.25) is 0 Å². The average Bonchev–Trinajstić information content (AvgIpc) is 2.37. The van der Waals surface area contributed by atoms with Crippen LogP contribution in [0.2, 0.25) is 5.02 Å². The average molecular weight is 302 g/mol. The van der Waals surface area contributed by atoms with E-state index in [1.807, 2.05) is 12.1 Å². The molecule has 1 rings (SSSR count). The van der Waals surface area contributed by atoms with Gasteiger partial charge in [-0.2, -0.15) is 0 Å². The predicted molar refractivity (Wildman–Crippen MR) is 81.3 cm³/mol. The Bertz CT molecular complexity index is 398. The van der Waals surface area contributed by atoms with Gasteiger partial charge in [0.1, 0.15) is 18.5 Å². The van der Waals surface area contributed by atoms with Crippen molar-refractivity contribution in [3.05, 3.63) is 29.3 Å². The molecule has 114 valence electrons. The summed E-state index contributed by atoms with van der Waals surface area (Å²) in [5.41, 5.74) is 0.0120. The second-order valence-corrected chi connectivity index (χ2v) is 6.07. The number of rotatable bonds is 9. The van der Waals surface area contributed by atoms with Crippen molar-refractivity contribution in [3.8, 4) is 5.75 Å². The zero-order valence-corrected chi connectivity index (χ0v) is 12.9. The van der Waals surface area contributed by atoms with Gasteiger partial charge in [-0.15, -0.1) is 0 Å². The first-order chi connectivity index (χ1) is 9.44. The van der Waals surface area contributed by atoms with Crippen molar-refractivity contribution in [1.82, 2.24) is 5.32 Å². The van der Waals surface area contributed by atoms with Gasteiger partial charge in [0.25, 0.3) is 0 Å². The van der Waals surface area contributed by atoms with E-state index in [1.54, 1.807) is 12.1 Å². The molecular weight excluding hydrogens is 278 g/mol. The highest BCUT2D eigenvalue weighted by molar-refractivity contribution is 6.32. The van der Waals surface area contributed by atoms with E-state index in [9.17, 15) is 5.11 Å². The molecule has 0 aliphatic rings. The SMILES string of the molecule is CC(C)(CCO)CNCC(O)COc1ccccc1Cl. The molecule has 0 aliphatic carbocycles. The molecule has 0 aromatic heterocycles. The van der Waals surface area contributed by atoms with E-state index in [-0.39, 0.29) is 18.6 Å². The summed E-state index contributed by atoms with van der Waals surface area (Å²) in [7, 11) is 0. The molecule has 0 saturated heterocycles. The molecule has 0 bridgehead atoms. The number of benzene rings is 1. The third-order valence-electron chi connectivity index (χ3n) is 3.04. The van der Waals surface area contributed by atoms with Crippen LogP contribution in [0.5, 0.6) is 5.75 Å². The Balaban J connectivity index is 2.24. The first-order valence-electron chi connectivity index (χ1n) is 6.81. The molecule has 4 nitrogen and oxygen atoms in total.